The van der Waals surface area contributed by atoms with Gasteiger partial charge in [-0.3, -0.25) is 9.69 Å². The molecular weight excluding hydrogens is 468 g/mol. The Morgan fingerprint density at radius 2 is 2.03 bits per heavy atom. The molecule has 9 nitrogen and oxygen atoms in total. The molecule has 2 aromatic heterocycles. The van der Waals surface area contributed by atoms with Crippen molar-refractivity contribution in [2.75, 3.05) is 26.3 Å². The fourth-order valence-electron chi connectivity index (χ4n) is 6.86. The van der Waals surface area contributed by atoms with E-state index in [9.17, 15) is 4.79 Å². The summed E-state index contributed by atoms with van der Waals surface area (Å²) in [4.78, 5) is 19.2. The molecule has 1 N–H and O–H groups in total. The number of rotatable bonds is 7. The van der Waals surface area contributed by atoms with E-state index in [0.29, 0.717) is 24.1 Å². The molecule has 3 aromatic rings. The lowest BCUT2D eigenvalue weighted by molar-refractivity contribution is 0.0326. The van der Waals surface area contributed by atoms with Crippen molar-refractivity contribution < 1.29 is 9.47 Å². The maximum absolute atomic E-state index is 13.6. The van der Waals surface area contributed by atoms with Crippen molar-refractivity contribution in [1.82, 2.24) is 30.1 Å². The second-order valence-electron chi connectivity index (χ2n) is 11.1. The van der Waals surface area contributed by atoms with Crippen LogP contribution in [0.3, 0.4) is 0 Å². The van der Waals surface area contributed by atoms with E-state index >= 15 is 0 Å². The monoisotopic (exact) mass is 506 g/mol. The zero-order valence-corrected chi connectivity index (χ0v) is 21.8. The summed E-state index contributed by atoms with van der Waals surface area (Å²) in [7, 11) is 0. The summed E-state index contributed by atoms with van der Waals surface area (Å²) in [6.45, 7) is 5.86. The largest absolute Gasteiger partial charge is 0.494 e. The molecular formula is C28H38N6O3. The van der Waals surface area contributed by atoms with Gasteiger partial charge in [0.05, 0.1) is 19.3 Å². The summed E-state index contributed by atoms with van der Waals surface area (Å²) in [5.41, 5.74) is 1.74. The Morgan fingerprint density at radius 1 is 1.16 bits per heavy atom. The van der Waals surface area contributed by atoms with Crippen molar-refractivity contribution in [1.29, 1.82) is 0 Å². The van der Waals surface area contributed by atoms with Crippen LogP contribution in [0.1, 0.15) is 82.1 Å². The van der Waals surface area contributed by atoms with E-state index in [0.717, 1.165) is 61.4 Å². The summed E-state index contributed by atoms with van der Waals surface area (Å²) in [6, 6.07) is 7.52. The molecule has 0 bridgehead atoms. The average molecular weight is 507 g/mol. The van der Waals surface area contributed by atoms with Crippen LogP contribution in [0.4, 0.5) is 0 Å². The fraction of sp³-hybridized carbons (Fsp3) is 0.643. The van der Waals surface area contributed by atoms with E-state index in [4.69, 9.17) is 9.47 Å². The Morgan fingerprint density at radius 3 is 2.84 bits per heavy atom. The number of aromatic amines is 1. The Hall–Kier alpha value is -2.78. The third-order valence-electron chi connectivity index (χ3n) is 8.63. The Kier molecular flexibility index (Phi) is 6.99. The highest BCUT2D eigenvalue weighted by molar-refractivity contribution is 5.80. The molecule has 3 fully saturated rings. The number of ether oxygens (including phenoxy) is 2. The van der Waals surface area contributed by atoms with E-state index < -0.39 is 0 Å². The average Bonchev–Trinajstić information content (AvgIpc) is 3.58. The minimum Gasteiger partial charge on any atom is -0.494 e. The third kappa shape index (κ3) is 5.03. The molecule has 198 valence electrons. The van der Waals surface area contributed by atoms with E-state index in [-0.39, 0.29) is 17.7 Å². The maximum Gasteiger partial charge on any atom is 0.253 e. The first-order valence-electron chi connectivity index (χ1n) is 14.1. The van der Waals surface area contributed by atoms with Crippen molar-refractivity contribution in [3.63, 3.8) is 0 Å². The summed E-state index contributed by atoms with van der Waals surface area (Å²) >= 11 is 0. The number of pyridine rings is 1. The lowest BCUT2D eigenvalue weighted by atomic mass is 9.69. The minimum absolute atomic E-state index is 0.0865. The van der Waals surface area contributed by atoms with Crippen LogP contribution in [-0.4, -0.2) is 62.5 Å². The van der Waals surface area contributed by atoms with Crippen molar-refractivity contribution in [3.8, 4) is 5.75 Å². The molecule has 3 aliphatic rings. The molecule has 37 heavy (non-hydrogen) atoms. The summed E-state index contributed by atoms with van der Waals surface area (Å²) in [5, 5.41) is 14.0. The molecule has 6 rings (SSSR count). The molecule has 1 aromatic carbocycles. The third-order valence-corrected chi connectivity index (χ3v) is 8.63. The van der Waals surface area contributed by atoms with Gasteiger partial charge in [-0.1, -0.05) is 19.3 Å². The topological polar surface area (TPSA) is 98.2 Å². The smallest absolute Gasteiger partial charge is 0.253 e. The van der Waals surface area contributed by atoms with Gasteiger partial charge in [-0.15, -0.1) is 5.10 Å². The van der Waals surface area contributed by atoms with Gasteiger partial charge >= 0.3 is 0 Å². The number of tetrazole rings is 1. The Labute approximate surface area is 217 Å². The van der Waals surface area contributed by atoms with Gasteiger partial charge in [0.1, 0.15) is 11.8 Å². The second-order valence-corrected chi connectivity index (χ2v) is 11.1. The van der Waals surface area contributed by atoms with Gasteiger partial charge in [-0.05, 0) is 92.1 Å². The van der Waals surface area contributed by atoms with Crippen LogP contribution in [0.5, 0.6) is 5.75 Å². The van der Waals surface area contributed by atoms with Gasteiger partial charge in [0.2, 0.25) is 0 Å². The van der Waals surface area contributed by atoms with E-state index in [2.05, 4.69) is 25.4 Å². The molecule has 0 amide bonds. The first-order chi connectivity index (χ1) is 18.1. The van der Waals surface area contributed by atoms with Crippen LogP contribution >= 0.6 is 0 Å². The Balaban J connectivity index is 1.43. The molecule has 0 unspecified atom stereocenters. The van der Waals surface area contributed by atoms with Gasteiger partial charge in [-0.25, -0.2) is 4.68 Å². The van der Waals surface area contributed by atoms with E-state index in [1.165, 1.54) is 38.5 Å². The molecule has 1 spiro atoms. The number of piperidine rings is 1. The van der Waals surface area contributed by atoms with Gasteiger partial charge in [0.15, 0.2) is 5.82 Å². The van der Waals surface area contributed by atoms with Crippen LogP contribution < -0.4 is 10.3 Å². The standard InChI is InChI=1S/C28H38N6O3/c1-2-36-21-9-10-24-20(16-21)17-23(27(35)29-24)25(26-30-31-32-34(26)18-22-8-6-15-37-22)33-14-7-13-28(19-33)11-4-3-5-12-28/h9-10,16-17,22,25H,2-8,11-15,18-19H2,1H3,(H,29,35)/t22-,25-/m1/s1. The van der Waals surface area contributed by atoms with E-state index in [1.54, 1.807) is 0 Å². The molecule has 2 atom stereocenters. The first-order valence-corrected chi connectivity index (χ1v) is 14.1. The second kappa shape index (κ2) is 10.5. The van der Waals surface area contributed by atoms with Crippen molar-refractivity contribution in [2.45, 2.75) is 83.4 Å². The van der Waals surface area contributed by atoms with Crippen LogP contribution in [0.25, 0.3) is 10.9 Å². The van der Waals surface area contributed by atoms with Crippen LogP contribution in [0.2, 0.25) is 0 Å². The number of nitrogens with one attached hydrogen (secondary N) is 1. The highest BCUT2D eigenvalue weighted by atomic mass is 16.5. The normalized spacial score (nSPS) is 23.0. The summed E-state index contributed by atoms with van der Waals surface area (Å²) in [5.74, 6) is 1.53. The van der Waals surface area contributed by atoms with Crippen molar-refractivity contribution in [3.05, 3.63) is 46.0 Å². The number of H-pyrrole nitrogens is 1. The summed E-state index contributed by atoms with van der Waals surface area (Å²) < 4.78 is 13.5. The zero-order valence-electron chi connectivity index (χ0n) is 21.8. The quantitative estimate of drug-likeness (QED) is 0.512. The predicted octanol–water partition coefficient (Wildman–Crippen LogP) is 4.23. The summed E-state index contributed by atoms with van der Waals surface area (Å²) in [6.07, 6.45) is 11.0. The van der Waals surface area contributed by atoms with Gasteiger partial charge in [-0.2, -0.15) is 0 Å². The van der Waals surface area contributed by atoms with Gasteiger partial charge < -0.3 is 14.5 Å². The number of hydrogen-bond donors (Lipinski definition) is 1. The minimum atomic E-state index is -0.320. The first kappa shape index (κ1) is 24.6. The molecule has 1 aliphatic carbocycles. The lowest BCUT2D eigenvalue weighted by Crippen LogP contribution is -2.47. The molecule has 0 radical (unpaired) electrons. The number of hydrogen-bond acceptors (Lipinski definition) is 7. The van der Waals surface area contributed by atoms with Crippen molar-refractivity contribution >= 4 is 10.9 Å². The number of aromatic nitrogens is 5. The van der Waals surface area contributed by atoms with Crippen LogP contribution in [0.15, 0.2) is 29.1 Å². The zero-order chi connectivity index (χ0) is 25.2. The predicted molar refractivity (Wildman–Crippen MR) is 141 cm³/mol. The number of benzene rings is 1. The number of likely N-dealkylation sites (tertiary alicyclic amines) is 1. The van der Waals surface area contributed by atoms with Crippen molar-refractivity contribution in [2.24, 2.45) is 5.41 Å². The van der Waals surface area contributed by atoms with Crippen LogP contribution in [0, 0.1) is 5.41 Å². The molecule has 4 heterocycles. The molecule has 2 saturated heterocycles. The molecule has 9 heteroatoms. The Bertz CT molecular complexity index is 1270. The van der Waals surface area contributed by atoms with Crippen LogP contribution in [-0.2, 0) is 11.3 Å². The maximum atomic E-state index is 13.6. The highest BCUT2D eigenvalue weighted by Crippen LogP contribution is 2.45. The molecule has 1 saturated carbocycles. The SMILES string of the molecule is CCOc1ccc2[nH]c(=O)c([C@H](c3nnnn3C[C@H]3CCCO3)N3CCCC4(CCCCC4)C3)cc2c1. The fourth-order valence-corrected chi connectivity index (χ4v) is 6.86. The highest BCUT2D eigenvalue weighted by Gasteiger charge is 2.41. The van der Waals surface area contributed by atoms with E-state index in [1.807, 2.05) is 35.9 Å². The number of nitrogens with zero attached hydrogens (tertiary/aromatic N) is 5. The van der Waals surface area contributed by atoms with Gasteiger partial charge in [0, 0.05) is 29.6 Å². The lowest BCUT2D eigenvalue weighted by Gasteiger charge is -2.47. The number of fused-ring (bicyclic) bond motifs is 1. The molecule has 2 aliphatic heterocycles. The van der Waals surface area contributed by atoms with Gasteiger partial charge in [0.25, 0.3) is 5.56 Å².